The summed E-state index contributed by atoms with van der Waals surface area (Å²) in [5, 5.41) is 17.1. The second-order valence-corrected chi connectivity index (χ2v) is 5.34. The topological polar surface area (TPSA) is 94.7 Å². The molecule has 2 aromatic rings. The lowest BCUT2D eigenvalue weighted by Crippen LogP contribution is -1.96. The van der Waals surface area contributed by atoms with Gasteiger partial charge in [0.1, 0.15) is 4.91 Å². The molecule has 0 radical (unpaired) electrons. The predicted octanol–water partition coefficient (Wildman–Crippen LogP) is 2.58. The molecule has 114 valence electrons. The number of aliphatic carboxylic acids is 1. The van der Waals surface area contributed by atoms with Crippen LogP contribution in [0.5, 0.6) is 11.5 Å². The summed E-state index contributed by atoms with van der Waals surface area (Å²) in [5.74, 6) is 0.634. The maximum Gasteiger partial charge on any atom is 0.342 e. The highest BCUT2D eigenvalue weighted by Crippen LogP contribution is 2.34. The fourth-order valence-electron chi connectivity index (χ4n) is 1.81. The monoisotopic (exact) mass is 320 g/mol. The van der Waals surface area contributed by atoms with Crippen LogP contribution in [0.1, 0.15) is 18.4 Å². The minimum Gasteiger partial charge on any atom is -0.477 e. The van der Waals surface area contributed by atoms with E-state index >= 15 is 0 Å². The summed E-state index contributed by atoms with van der Waals surface area (Å²) in [5.41, 5.74) is 0.685. The normalized spacial score (nSPS) is 13.4. The Morgan fingerprint density at radius 3 is 2.91 bits per heavy atom. The molecule has 0 fully saturated rings. The number of aromatic nitrogens is 2. The van der Waals surface area contributed by atoms with E-state index < -0.39 is 5.97 Å². The molecule has 0 atom stereocenters. The number of nitrogens with zero attached hydrogens (tertiary/aromatic N) is 2. The third-order valence-electron chi connectivity index (χ3n) is 2.85. The standard InChI is InChI=1S/C14H12N2O5S/c1-2-12-15-16-14(21-12)22-11(13(17)18)6-8-3-4-9-10(5-8)20-7-19-9/h3-6H,2,7H2,1H3,(H,17,18)/b11-6-. The van der Waals surface area contributed by atoms with Gasteiger partial charge in [-0.3, -0.25) is 0 Å². The molecule has 0 saturated carbocycles. The van der Waals surface area contributed by atoms with Crippen LogP contribution < -0.4 is 9.47 Å². The van der Waals surface area contributed by atoms with Crippen LogP contribution in [0.3, 0.4) is 0 Å². The van der Waals surface area contributed by atoms with Crippen LogP contribution in [-0.4, -0.2) is 28.1 Å². The lowest BCUT2D eigenvalue weighted by molar-refractivity contribution is -0.131. The summed E-state index contributed by atoms with van der Waals surface area (Å²) >= 11 is 0.910. The maximum absolute atomic E-state index is 11.4. The third kappa shape index (κ3) is 3.06. The highest BCUT2D eigenvalue weighted by atomic mass is 32.2. The Balaban J connectivity index is 1.85. The molecule has 0 bridgehead atoms. The van der Waals surface area contributed by atoms with Crippen molar-refractivity contribution in [3.8, 4) is 11.5 Å². The molecule has 3 rings (SSSR count). The zero-order valence-electron chi connectivity index (χ0n) is 11.6. The molecule has 1 N–H and O–H groups in total. The van der Waals surface area contributed by atoms with Gasteiger partial charge >= 0.3 is 5.97 Å². The van der Waals surface area contributed by atoms with Gasteiger partial charge in [0.05, 0.1) is 0 Å². The van der Waals surface area contributed by atoms with Gasteiger partial charge in [0.2, 0.25) is 12.7 Å². The van der Waals surface area contributed by atoms with Crippen LogP contribution in [0.2, 0.25) is 0 Å². The SMILES string of the molecule is CCc1nnc(S/C(=C\c2ccc3c(c2)OCO3)C(=O)O)o1. The summed E-state index contributed by atoms with van der Waals surface area (Å²) in [6, 6.07) is 5.21. The van der Waals surface area contributed by atoms with Gasteiger partial charge in [-0.1, -0.05) is 13.0 Å². The number of aryl methyl sites for hydroxylation is 1. The summed E-state index contributed by atoms with van der Waals surface area (Å²) in [4.78, 5) is 11.5. The Morgan fingerprint density at radius 1 is 1.36 bits per heavy atom. The van der Waals surface area contributed by atoms with Gasteiger partial charge < -0.3 is 19.0 Å². The van der Waals surface area contributed by atoms with Crippen molar-refractivity contribution in [2.45, 2.75) is 18.6 Å². The van der Waals surface area contributed by atoms with Gasteiger partial charge in [-0.25, -0.2) is 4.79 Å². The summed E-state index contributed by atoms with van der Waals surface area (Å²) in [7, 11) is 0. The fraction of sp³-hybridized carbons (Fsp3) is 0.214. The molecule has 8 heteroatoms. The number of carboxylic acid groups (broad SMARTS) is 1. The van der Waals surface area contributed by atoms with Crippen molar-refractivity contribution < 1.29 is 23.8 Å². The fourth-order valence-corrected chi connectivity index (χ4v) is 2.50. The minimum atomic E-state index is -1.07. The van der Waals surface area contributed by atoms with Crippen molar-refractivity contribution in [2.24, 2.45) is 0 Å². The maximum atomic E-state index is 11.4. The number of ether oxygens (including phenoxy) is 2. The lowest BCUT2D eigenvalue weighted by atomic mass is 10.2. The van der Waals surface area contributed by atoms with Gasteiger partial charge in [0, 0.05) is 6.42 Å². The van der Waals surface area contributed by atoms with E-state index in [2.05, 4.69) is 10.2 Å². The smallest absolute Gasteiger partial charge is 0.342 e. The number of benzene rings is 1. The number of fused-ring (bicyclic) bond motifs is 1. The molecule has 0 saturated heterocycles. The van der Waals surface area contributed by atoms with Crippen LogP contribution in [0.4, 0.5) is 0 Å². The molecule has 1 aliphatic rings. The van der Waals surface area contributed by atoms with E-state index in [0.29, 0.717) is 29.4 Å². The van der Waals surface area contributed by atoms with E-state index in [1.165, 1.54) is 6.08 Å². The second kappa shape index (κ2) is 6.10. The molecule has 22 heavy (non-hydrogen) atoms. The van der Waals surface area contributed by atoms with Gasteiger partial charge in [0.15, 0.2) is 11.5 Å². The first-order chi connectivity index (χ1) is 10.7. The van der Waals surface area contributed by atoms with Gasteiger partial charge in [0.25, 0.3) is 5.22 Å². The number of carboxylic acids is 1. The quantitative estimate of drug-likeness (QED) is 0.663. The van der Waals surface area contributed by atoms with Crippen LogP contribution >= 0.6 is 11.8 Å². The molecule has 1 aliphatic heterocycles. The van der Waals surface area contributed by atoms with E-state index in [1.807, 2.05) is 6.92 Å². The van der Waals surface area contributed by atoms with Crippen molar-refractivity contribution in [3.63, 3.8) is 0 Å². The first kappa shape index (κ1) is 14.5. The van der Waals surface area contributed by atoms with Crippen LogP contribution in [0, 0.1) is 0 Å². The molecule has 0 amide bonds. The van der Waals surface area contributed by atoms with E-state index in [4.69, 9.17) is 13.9 Å². The molecule has 0 unspecified atom stereocenters. The molecule has 0 spiro atoms. The van der Waals surface area contributed by atoms with E-state index in [0.717, 1.165) is 11.8 Å². The van der Waals surface area contributed by atoms with Crippen molar-refractivity contribution in [1.29, 1.82) is 0 Å². The molecule has 0 aliphatic carbocycles. The molecule has 7 nitrogen and oxygen atoms in total. The highest BCUT2D eigenvalue weighted by Gasteiger charge is 2.17. The molecular weight excluding hydrogens is 308 g/mol. The lowest BCUT2D eigenvalue weighted by Gasteiger charge is -2.01. The predicted molar refractivity (Wildman–Crippen MR) is 77.7 cm³/mol. The first-order valence-corrected chi connectivity index (χ1v) is 7.32. The van der Waals surface area contributed by atoms with Crippen molar-refractivity contribution >= 4 is 23.8 Å². The van der Waals surface area contributed by atoms with Gasteiger partial charge in [-0.2, -0.15) is 0 Å². The molecule has 1 aromatic heterocycles. The minimum absolute atomic E-state index is 0.0742. The largest absolute Gasteiger partial charge is 0.477 e. The zero-order chi connectivity index (χ0) is 15.5. The average Bonchev–Trinajstić information content (AvgIpc) is 3.14. The van der Waals surface area contributed by atoms with Gasteiger partial charge in [-0.15, -0.1) is 10.2 Å². The van der Waals surface area contributed by atoms with Crippen molar-refractivity contribution in [2.75, 3.05) is 6.79 Å². The Bertz CT molecular complexity index is 741. The van der Waals surface area contributed by atoms with Crippen molar-refractivity contribution in [1.82, 2.24) is 10.2 Å². The average molecular weight is 320 g/mol. The van der Waals surface area contributed by atoms with E-state index in [-0.39, 0.29) is 16.9 Å². The first-order valence-electron chi connectivity index (χ1n) is 6.50. The summed E-state index contributed by atoms with van der Waals surface area (Å²) in [6.45, 7) is 2.05. The molecular formula is C14H12N2O5S. The Kier molecular flexibility index (Phi) is 4.01. The summed E-state index contributed by atoms with van der Waals surface area (Å²) < 4.78 is 15.8. The Labute approximate surface area is 129 Å². The summed E-state index contributed by atoms with van der Waals surface area (Å²) in [6.07, 6.45) is 2.12. The number of thioether (sulfide) groups is 1. The number of carbonyl (C=O) groups is 1. The molecule has 1 aromatic carbocycles. The number of hydrogen-bond donors (Lipinski definition) is 1. The number of rotatable bonds is 5. The number of hydrogen-bond acceptors (Lipinski definition) is 7. The third-order valence-corrected chi connectivity index (χ3v) is 3.71. The highest BCUT2D eigenvalue weighted by molar-refractivity contribution is 8.03. The van der Waals surface area contributed by atoms with Crippen LogP contribution in [0.15, 0.2) is 32.7 Å². The second-order valence-electron chi connectivity index (χ2n) is 4.34. The Morgan fingerprint density at radius 2 is 2.18 bits per heavy atom. The van der Waals surface area contributed by atoms with E-state index in [1.54, 1.807) is 18.2 Å². The van der Waals surface area contributed by atoms with Crippen LogP contribution in [0.25, 0.3) is 6.08 Å². The molecule has 2 heterocycles. The van der Waals surface area contributed by atoms with Gasteiger partial charge in [-0.05, 0) is 35.5 Å². The Hall–Kier alpha value is -2.48. The zero-order valence-corrected chi connectivity index (χ0v) is 12.4. The van der Waals surface area contributed by atoms with Crippen LogP contribution in [-0.2, 0) is 11.2 Å². The van der Waals surface area contributed by atoms with Crippen molar-refractivity contribution in [3.05, 3.63) is 34.6 Å². The van der Waals surface area contributed by atoms with E-state index in [9.17, 15) is 9.90 Å².